The van der Waals surface area contributed by atoms with Gasteiger partial charge in [0.05, 0.1) is 0 Å². The molecule has 0 atom stereocenters. The molecule has 0 aromatic heterocycles. The number of unbranched alkanes of at least 4 members (excludes halogenated alkanes) is 2. The van der Waals surface area contributed by atoms with Crippen molar-refractivity contribution in [1.82, 2.24) is 6.15 Å². The Kier molecular flexibility index (Phi) is 12.8. The van der Waals surface area contributed by atoms with Crippen LogP contribution in [0.15, 0.2) is 0 Å². The molecule has 0 fully saturated rings. The van der Waals surface area contributed by atoms with Gasteiger partial charge in [0.25, 0.3) is 0 Å². The van der Waals surface area contributed by atoms with Crippen LogP contribution in [0, 0.1) is 0 Å². The maximum Gasteiger partial charge on any atom is 0.119 e. The lowest BCUT2D eigenvalue weighted by atomic mass is 10.3. The molecule has 0 saturated carbocycles. The second-order valence-corrected chi connectivity index (χ2v) is 1.31. The SMILES string of the molecule is CCCCC=O.N. The lowest BCUT2D eigenvalue weighted by Crippen LogP contribution is -1.70. The normalized spacial score (nSPS) is 7.00. The Morgan fingerprint density at radius 3 is 2.29 bits per heavy atom. The minimum absolute atomic E-state index is 0. The Bertz CT molecular complexity index is 37.1. The fourth-order valence-electron chi connectivity index (χ4n) is 0.287. The topological polar surface area (TPSA) is 52.1 Å². The number of carbonyl (C=O) groups is 1. The van der Waals surface area contributed by atoms with E-state index in [4.69, 9.17) is 0 Å². The summed E-state index contributed by atoms with van der Waals surface area (Å²) in [6, 6.07) is 0. The molecule has 0 bridgehead atoms. The minimum atomic E-state index is 0. The summed E-state index contributed by atoms with van der Waals surface area (Å²) in [6.45, 7) is 2.07. The second kappa shape index (κ2) is 9.16. The zero-order valence-corrected chi connectivity index (χ0v) is 4.81. The van der Waals surface area contributed by atoms with Crippen LogP contribution in [-0.4, -0.2) is 6.29 Å². The Morgan fingerprint density at radius 2 is 2.14 bits per heavy atom. The molecule has 2 heteroatoms. The molecule has 0 aliphatic heterocycles. The van der Waals surface area contributed by atoms with Crippen LogP contribution < -0.4 is 6.15 Å². The summed E-state index contributed by atoms with van der Waals surface area (Å²) in [7, 11) is 0. The first-order valence-electron chi connectivity index (χ1n) is 2.35. The summed E-state index contributed by atoms with van der Waals surface area (Å²) in [5, 5.41) is 0. The molecule has 0 aliphatic rings. The van der Waals surface area contributed by atoms with Gasteiger partial charge in [-0.2, -0.15) is 0 Å². The number of aldehydes is 1. The van der Waals surface area contributed by atoms with E-state index in [2.05, 4.69) is 6.92 Å². The average Bonchev–Trinajstić information content (AvgIpc) is 1.61. The number of hydrogen-bond donors (Lipinski definition) is 1. The molecule has 7 heavy (non-hydrogen) atoms. The van der Waals surface area contributed by atoms with Crippen LogP contribution >= 0.6 is 0 Å². The third kappa shape index (κ3) is 10.7. The zero-order chi connectivity index (χ0) is 4.83. The minimum Gasteiger partial charge on any atom is -0.344 e. The summed E-state index contributed by atoms with van der Waals surface area (Å²) >= 11 is 0. The highest BCUT2D eigenvalue weighted by molar-refractivity contribution is 5.48. The Hall–Kier alpha value is -0.370. The van der Waals surface area contributed by atoms with Crippen molar-refractivity contribution < 1.29 is 4.79 Å². The smallest absolute Gasteiger partial charge is 0.119 e. The summed E-state index contributed by atoms with van der Waals surface area (Å²) < 4.78 is 0. The van der Waals surface area contributed by atoms with E-state index in [0.717, 1.165) is 25.5 Å². The molecule has 0 aliphatic carbocycles. The summed E-state index contributed by atoms with van der Waals surface area (Å²) in [4.78, 5) is 9.56. The van der Waals surface area contributed by atoms with Gasteiger partial charge in [-0.25, -0.2) is 0 Å². The van der Waals surface area contributed by atoms with Crippen molar-refractivity contribution in [3.8, 4) is 0 Å². The molecule has 0 amide bonds. The lowest BCUT2D eigenvalue weighted by molar-refractivity contribution is -0.107. The number of hydrogen-bond acceptors (Lipinski definition) is 2. The van der Waals surface area contributed by atoms with Crippen molar-refractivity contribution >= 4 is 6.29 Å². The molecule has 0 spiro atoms. The van der Waals surface area contributed by atoms with E-state index in [1.807, 2.05) is 0 Å². The van der Waals surface area contributed by atoms with Crippen molar-refractivity contribution in [2.24, 2.45) is 0 Å². The van der Waals surface area contributed by atoms with Crippen LogP contribution in [0.1, 0.15) is 26.2 Å². The summed E-state index contributed by atoms with van der Waals surface area (Å²) in [5.41, 5.74) is 0. The highest BCUT2D eigenvalue weighted by atomic mass is 16.1. The van der Waals surface area contributed by atoms with Gasteiger partial charge in [0.15, 0.2) is 0 Å². The molecule has 0 aromatic rings. The predicted molar refractivity (Wildman–Crippen MR) is 30.6 cm³/mol. The summed E-state index contributed by atoms with van der Waals surface area (Å²) in [6.07, 6.45) is 3.86. The fourth-order valence-corrected chi connectivity index (χ4v) is 0.287. The molecule has 0 saturated heterocycles. The van der Waals surface area contributed by atoms with Crippen LogP contribution in [0.4, 0.5) is 0 Å². The van der Waals surface area contributed by atoms with Gasteiger partial charge in [-0.05, 0) is 6.42 Å². The highest BCUT2D eigenvalue weighted by Gasteiger charge is 1.74. The first kappa shape index (κ1) is 9.80. The van der Waals surface area contributed by atoms with Crippen molar-refractivity contribution in [2.45, 2.75) is 26.2 Å². The van der Waals surface area contributed by atoms with Crippen molar-refractivity contribution in [3.05, 3.63) is 0 Å². The standard InChI is InChI=1S/C5H10O.H3N/c1-2-3-4-5-6;/h5H,2-4H2,1H3;1H3. The molecule has 3 N–H and O–H groups in total. The largest absolute Gasteiger partial charge is 0.344 e. The van der Waals surface area contributed by atoms with Crippen LogP contribution in [0.5, 0.6) is 0 Å². The van der Waals surface area contributed by atoms with E-state index < -0.39 is 0 Å². The molecule has 0 aromatic carbocycles. The third-order valence-electron chi connectivity index (χ3n) is 0.676. The first-order chi connectivity index (χ1) is 2.91. The molecule has 0 heterocycles. The Balaban J connectivity index is 0. The Morgan fingerprint density at radius 1 is 1.57 bits per heavy atom. The quantitative estimate of drug-likeness (QED) is 0.435. The van der Waals surface area contributed by atoms with E-state index >= 15 is 0 Å². The van der Waals surface area contributed by atoms with Gasteiger partial charge >= 0.3 is 0 Å². The summed E-state index contributed by atoms with van der Waals surface area (Å²) in [5.74, 6) is 0. The number of rotatable bonds is 3. The van der Waals surface area contributed by atoms with E-state index in [9.17, 15) is 4.79 Å². The number of carbonyl (C=O) groups excluding carboxylic acids is 1. The van der Waals surface area contributed by atoms with Gasteiger partial charge in [-0.15, -0.1) is 0 Å². The van der Waals surface area contributed by atoms with E-state index in [1.165, 1.54) is 0 Å². The van der Waals surface area contributed by atoms with Gasteiger partial charge in [0.2, 0.25) is 0 Å². The van der Waals surface area contributed by atoms with Crippen molar-refractivity contribution in [2.75, 3.05) is 0 Å². The van der Waals surface area contributed by atoms with Gasteiger partial charge in [-0.3, -0.25) is 0 Å². The second-order valence-electron chi connectivity index (χ2n) is 1.31. The van der Waals surface area contributed by atoms with E-state index in [1.54, 1.807) is 0 Å². The third-order valence-corrected chi connectivity index (χ3v) is 0.676. The van der Waals surface area contributed by atoms with Crippen LogP contribution in [0.3, 0.4) is 0 Å². The Labute approximate surface area is 44.5 Å². The molecule has 0 radical (unpaired) electrons. The van der Waals surface area contributed by atoms with Gasteiger partial charge < -0.3 is 10.9 Å². The predicted octanol–water partition coefficient (Wildman–Crippen LogP) is 1.54. The van der Waals surface area contributed by atoms with Crippen LogP contribution in [0.25, 0.3) is 0 Å². The first-order valence-corrected chi connectivity index (χ1v) is 2.35. The molecular formula is C5H13NO. The van der Waals surface area contributed by atoms with Gasteiger partial charge in [-0.1, -0.05) is 13.3 Å². The monoisotopic (exact) mass is 103 g/mol. The fraction of sp³-hybridized carbons (Fsp3) is 0.800. The van der Waals surface area contributed by atoms with Crippen LogP contribution in [0.2, 0.25) is 0 Å². The van der Waals surface area contributed by atoms with E-state index in [-0.39, 0.29) is 6.15 Å². The lowest BCUT2D eigenvalue weighted by Gasteiger charge is -1.79. The molecule has 44 valence electrons. The van der Waals surface area contributed by atoms with Gasteiger partial charge in [0, 0.05) is 6.42 Å². The molecule has 2 nitrogen and oxygen atoms in total. The van der Waals surface area contributed by atoms with Crippen molar-refractivity contribution in [3.63, 3.8) is 0 Å². The van der Waals surface area contributed by atoms with Gasteiger partial charge in [0.1, 0.15) is 6.29 Å². The maximum absolute atomic E-state index is 9.56. The molecule has 0 unspecified atom stereocenters. The van der Waals surface area contributed by atoms with E-state index in [0.29, 0.717) is 0 Å². The zero-order valence-electron chi connectivity index (χ0n) is 4.81. The highest BCUT2D eigenvalue weighted by Crippen LogP contribution is 1.87. The molecular weight excluding hydrogens is 90.1 g/mol. The van der Waals surface area contributed by atoms with Crippen LogP contribution in [-0.2, 0) is 4.79 Å². The maximum atomic E-state index is 9.56. The average molecular weight is 103 g/mol. The van der Waals surface area contributed by atoms with Crippen molar-refractivity contribution in [1.29, 1.82) is 0 Å². The molecule has 0 rings (SSSR count).